The van der Waals surface area contributed by atoms with Gasteiger partial charge >= 0.3 is 5.97 Å². The number of likely N-dealkylation sites (tertiary alicyclic amines) is 1. The average molecular weight is 386 g/mol. The third-order valence-electron chi connectivity index (χ3n) is 5.92. The first-order chi connectivity index (χ1) is 13.1. The van der Waals surface area contributed by atoms with E-state index in [1.165, 1.54) is 11.3 Å². The highest BCUT2D eigenvalue weighted by Crippen LogP contribution is 2.49. The number of rotatable bonds is 3. The summed E-state index contributed by atoms with van der Waals surface area (Å²) < 4.78 is 10.7. The quantitative estimate of drug-likeness (QED) is 0.873. The molecule has 1 N–H and O–H groups in total. The molecule has 27 heavy (non-hydrogen) atoms. The van der Waals surface area contributed by atoms with Gasteiger partial charge in [0.05, 0.1) is 11.6 Å². The molecule has 1 saturated carbocycles. The number of carboxylic acids is 1. The van der Waals surface area contributed by atoms with E-state index in [-0.39, 0.29) is 18.6 Å². The fraction of sp³-hybridized carbons (Fsp3) is 0.421. The maximum Gasteiger partial charge on any atom is 0.311 e. The Labute approximate surface area is 159 Å². The maximum atomic E-state index is 12.9. The molecule has 0 radical (unpaired) electrons. The highest BCUT2D eigenvalue weighted by molar-refractivity contribution is 7.16. The fourth-order valence-electron chi connectivity index (χ4n) is 4.49. The van der Waals surface area contributed by atoms with E-state index in [1.807, 2.05) is 18.2 Å². The first kappa shape index (κ1) is 16.6. The van der Waals surface area contributed by atoms with Gasteiger partial charge in [0.25, 0.3) is 5.91 Å². The summed E-state index contributed by atoms with van der Waals surface area (Å²) in [5, 5.41) is 10.4. The van der Waals surface area contributed by atoms with Crippen LogP contribution in [0.4, 0.5) is 0 Å². The zero-order chi connectivity index (χ0) is 18.6. The number of carbonyl (C=O) groups is 2. The Kier molecular flexibility index (Phi) is 3.65. The SMILES string of the molecule is O=C(c1cnc(-c2ccc3c(c2)OCO3)s1)N1C[C@@H]2CCC[C@@]2(C(=O)O)C1. The average Bonchev–Trinajstić information content (AvgIpc) is 3.42. The van der Waals surface area contributed by atoms with E-state index in [4.69, 9.17) is 9.47 Å². The number of benzene rings is 1. The number of aromatic nitrogens is 1. The molecule has 0 spiro atoms. The van der Waals surface area contributed by atoms with Crippen LogP contribution in [0.1, 0.15) is 28.9 Å². The van der Waals surface area contributed by atoms with Crippen molar-refractivity contribution in [2.24, 2.45) is 11.3 Å². The predicted molar refractivity (Wildman–Crippen MR) is 97.0 cm³/mol. The van der Waals surface area contributed by atoms with Crippen LogP contribution in [0.3, 0.4) is 0 Å². The number of fused-ring (bicyclic) bond motifs is 2. The van der Waals surface area contributed by atoms with Crippen molar-refractivity contribution < 1.29 is 24.2 Å². The normalized spacial score (nSPS) is 25.6. The van der Waals surface area contributed by atoms with E-state index < -0.39 is 11.4 Å². The number of hydrogen-bond acceptors (Lipinski definition) is 6. The summed E-state index contributed by atoms with van der Waals surface area (Å²) in [5.74, 6) is 0.529. The van der Waals surface area contributed by atoms with Gasteiger partial charge in [-0.1, -0.05) is 6.42 Å². The van der Waals surface area contributed by atoms with Crippen molar-refractivity contribution in [3.63, 3.8) is 0 Å². The van der Waals surface area contributed by atoms with Crippen molar-refractivity contribution >= 4 is 23.2 Å². The van der Waals surface area contributed by atoms with Gasteiger partial charge in [0.1, 0.15) is 9.88 Å². The van der Waals surface area contributed by atoms with Crippen LogP contribution in [0.2, 0.25) is 0 Å². The summed E-state index contributed by atoms with van der Waals surface area (Å²) in [6.07, 6.45) is 4.03. The lowest BCUT2D eigenvalue weighted by atomic mass is 9.81. The Balaban J connectivity index is 1.37. The Morgan fingerprint density at radius 2 is 2.15 bits per heavy atom. The maximum absolute atomic E-state index is 12.9. The van der Waals surface area contributed by atoms with Crippen LogP contribution < -0.4 is 9.47 Å². The van der Waals surface area contributed by atoms with Crippen LogP contribution in [0.25, 0.3) is 10.6 Å². The molecule has 1 saturated heterocycles. The van der Waals surface area contributed by atoms with Crippen molar-refractivity contribution in [1.82, 2.24) is 9.88 Å². The Morgan fingerprint density at radius 3 is 2.96 bits per heavy atom. The molecule has 2 aliphatic heterocycles. The van der Waals surface area contributed by atoms with E-state index in [2.05, 4.69) is 4.98 Å². The van der Waals surface area contributed by atoms with Crippen molar-refractivity contribution in [2.45, 2.75) is 19.3 Å². The van der Waals surface area contributed by atoms with Crippen LogP contribution in [0.15, 0.2) is 24.4 Å². The van der Waals surface area contributed by atoms with E-state index in [0.717, 1.165) is 23.4 Å². The Hall–Kier alpha value is -2.61. The van der Waals surface area contributed by atoms with Gasteiger partial charge in [-0.05, 0) is 37.0 Å². The van der Waals surface area contributed by atoms with Gasteiger partial charge in [-0.2, -0.15) is 0 Å². The third kappa shape index (κ3) is 2.50. The minimum Gasteiger partial charge on any atom is -0.481 e. The van der Waals surface area contributed by atoms with Crippen LogP contribution in [0.5, 0.6) is 11.5 Å². The summed E-state index contributed by atoms with van der Waals surface area (Å²) in [4.78, 5) is 31.4. The molecule has 2 aromatic rings. The lowest BCUT2D eigenvalue weighted by Crippen LogP contribution is -2.37. The number of carboxylic acid groups (broad SMARTS) is 1. The lowest BCUT2D eigenvalue weighted by molar-refractivity contribution is -0.149. The van der Waals surface area contributed by atoms with E-state index in [9.17, 15) is 14.7 Å². The Morgan fingerprint density at radius 1 is 1.30 bits per heavy atom. The van der Waals surface area contributed by atoms with Gasteiger partial charge in [0, 0.05) is 18.7 Å². The van der Waals surface area contributed by atoms with Gasteiger partial charge < -0.3 is 19.5 Å². The second-order valence-corrected chi connectivity index (χ2v) is 8.36. The summed E-state index contributed by atoms with van der Waals surface area (Å²) in [7, 11) is 0. The summed E-state index contributed by atoms with van der Waals surface area (Å²) in [6, 6.07) is 5.58. The first-order valence-electron chi connectivity index (χ1n) is 8.95. The van der Waals surface area contributed by atoms with Crippen molar-refractivity contribution in [3.05, 3.63) is 29.3 Å². The van der Waals surface area contributed by atoms with E-state index in [1.54, 1.807) is 11.1 Å². The zero-order valence-electron chi connectivity index (χ0n) is 14.5. The second-order valence-electron chi connectivity index (χ2n) is 7.33. The van der Waals surface area contributed by atoms with Crippen LogP contribution >= 0.6 is 11.3 Å². The minimum atomic E-state index is -0.773. The zero-order valence-corrected chi connectivity index (χ0v) is 15.3. The molecule has 1 aliphatic carbocycles. The summed E-state index contributed by atoms with van der Waals surface area (Å²) in [5.41, 5.74) is 0.101. The van der Waals surface area contributed by atoms with Gasteiger partial charge in [-0.25, -0.2) is 4.98 Å². The molecule has 8 heteroatoms. The molecule has 1 amide bonds. The number of thiazole rings is 1. The molecular weight excluding hydrogens is 368 g/mol. The predicted octanol–water partition coefficient (Wildman–Crippen LogP) is 2.87. The highest BCUT2D eigenvalue weighted by atomic mass is 32.1. The van der Waals surface area contributed by atoms with Crippen LogP contribution in [-0.4, -0.2) is 46.7 Å². The van der Waals surface area contributed by atoms with E-state index >= 15 is 0 Å². The molecular formula is C19H18N2O5S. The molecule has 2 fully saturated rings. The minimum absolute atomic E-state index is 0.0557. The van der Waals surface area contributed by atoms with Crippen molar-refractivity contribution in [3.8, 4) is 22.1 Å². The van der Waals surface area contributed by atoms with Crippen molar-refractivity contribution in [2.75, 3.05) is 19.9 Å². The molecule has 3 heterocycles. The van der Waals surface area contributed by atoms with Crippen LogP contribution in [0, 0.1) is 11.3 Å². The lowest BCUT2D eigenvalue weighted by Gasteiger charge is -2.23. The molecule has 1 aromatic heterocycles. The standard InChI is InChI=1S/C19H18N2O5S/c22-17(21-8-12-2-1-5-19(12,9-21)18(23)24)15-7-20-16(27-15)11-3-4-13-14(6-11)26-10-25-13/h3-4,6-7,12H,1-2,5,8-10H2,(H,23,24)/t12-,19+/m0/s1. The topological polar surface area (TPSA) is 89.0 Å². The van der Waals surface area contributed by atoms with Crippen molar-refractivity contribution in [1.29, 1.82) is 0 Å². The Bertz CT molecular complexity index is 942. The number of aliphatic carboxylic acids is 1. The monoisotopic (exact) mass is 386 g/mol. The number of carbonyl (C=O) groups excluding carboxylic acids is 1. The molecule has 7 nitrogen and oxygen atoms in total. The van der Waals surface area contributed by atoms with Gasteiger partial charge in [0.2, 0.25) is 6.79 Å². The number of nitrogens with zero attached hydrogens (tertiary/aromatic N) is 2. The smallest absolute Gasteiger partial charge is 0.311 e. The summed E-state index contributed by atoms with van der Waals surface area (Å²) >= 11 is 1.32. The molecule has 2 atom stereocenters. The largest absolute Gasteiger partial charge is 0.481 e. The van der Waals surface area contributed by atoms with E-state index in [0.29, 0.717) is 35.9 Å². The number of ether oxygens (including phenoxy) is 2. The third-order valence-corrected chi connectivity index (χ3v) is 6.95. The molecule has 1 aromatic carbocycles. The second kappa shape index (κ2) is 5.95. The molecule has 140 valence electrons. The molecule has 0 bridgehead atoms. The first-order valence-corrected chi connectivity index (χ1v) is 9.77. The van der Waals surface area contributed by atoms with Crippen LogP contribution in [-0.2, 0) is 4.79 Å². The molecule has 5 rings (SSSR count). The molecule has 0 unspecified atom stereocenters. The van der Waals surface area contributed by atoms with Gasteiger partial charge in [-0.15, -0.1) is 11.3 Å². The van der Waals surface area contributed by atoms with Gasteiger partial charge in [-0.3, -0.25) is 9.59 Å². The van der Waals surface area contributed by atoms with Gasteiger partial charge in [0.15, 0.2) is 11.5 Å². The number of amides is 1. The number of hydrogen-bond donors (Lipinski definition) is 1. The summed E-state index contributed by atoms with van der Waals surface area (Å²) in [6.45, 7) is 1.02. The molecule has 3 aliphatic rings. The highest BCUT2D eigenvalue weighted by Gasteiger charge is 2.55. The fourth-order valence-corrected chi connectivity index (χ4v) is 5.37.